The van der Waals surface area contributed by atoms with E-state index in [1.165, 1.54) is 5.56 Å². The third-order valence-electron chi connectivity index (χ3n) is 5.62. The first-order valence-corrected chi connectivity index (χ1v) is 10.4. The molecule has 0 spiro atoms. The Morgan fingerprint density at radius 3 is 2.53 bits per heavy atom. The third kappa shape index (κ3) is 4.64. The molecule has 30 heavy (non-hydrogen) atoms. The first kappa shape index (κ1) is 20.0. The summed E-state index contributed by atoms with van der Waals surface area (Å²) in [7, 11) is 0. The predicted molar refractivity (Wildman–Crippen MR) is 115 cm³/mol. The van der Waals surface area contributed by atoms with Gasteiger partial charge in [-0.25, -0.2) is 0 Å². The van der Waals surface area contributed by atoms with Crippen LogP contribution in [-0.4, -0.2) is 36.6 Å². The van der Waals surface area contributed by atoms with Crippen molar-refractivity contribution in [2.45, 2.75) is 26.2 Å². The Morgan fingerprint density at radius 2 is 1.80 bits per heavy atom. The molecule has 2 aliphatic rings. The molecule has 1 N–H and O–H groups in total. The molecule has 1 saturated heterocycles. The molecule has 2 aromatic carbocycles. The molecule has 156 valence electrons. The molecule has 0 saturated carbocycles. The number of benzene rings is 2. The maximum atomic E-state index is 12.6. The normalized spacial score (nSPS) is 16.1. The lowest BCUT2D eigenvalue weighted by molar-refractivity contribution is -0.130. The van der Waals surface area contributed by atoms with E-state index in [1.807, 2.05) is 24.3 Å². The molecule has 0 unspecified atom stereocenters. The van der Waals surface area contributed by atoms with Crippen molar-refractivity contribution >= 4 is 23.6 Å². The number of rotatable bonds is 5. The summed E-state index contributed by atoms with van der Waals surface area (Å²) >= 11 is 0. The number of hydrogen-bond donors (Lipinski definition) is 1. The molecule has 2 aliphatic heterocycles. The standard InChI is InChI=1S/C24H26N2O4/c1-2-17-3-5-18(6-4-17)7-10-23(27)26-13-11-19(12-14-26)24(28)25-20-8-9-21-22(15-20)30-16-29-21/h3-10,15,19H,2,11-14,16H2,1H3,(H,25,28)/b10-7+. The summed E-state index contributed by atoms with van der Waals surface area (Å²) < 4.78 is 10.6. The number of amides is 2. The summed E-state index contributed by atoms with van der Waals surface area (Å²) in [6.45, 7) is 3.49. The molecule has 2 heterocycles. The summed E-state index contributed by atoms with van der Waals surface area (Å²) in [5.74, 6) is 1.19. The Morgan fingerprint density at radius 1 is 1.07 bits per heavy atom. The van der Waals surface area contributed by atoms with E-state index in [-0.39, 0.29) is 24.5 Å². The number of fused-ring (bicyclic) bond motifs is 1. The molecule has 0 aliphatic carbocycles. The molecule has 2 amide bonds. The summed E-state index contributed by atoms with van der Waals surface area (Å²) in [4.78, 5) is 26.9. The molecule has 6 heteroatoms. The van der Waals surface area contributed by atoms with E-state index < -0.39 is 0 Å². The average Bonchev–Trinajstić information content (AvgIpc) is 3.26. The molecule has 0 bridgehead atoms. The zero-order valence-electron chi connectivity index (χ0n) is 17.1. The van der Waals surface area contributed by atoms with Gasteiger partial charge in [-0.1, -0.05) is 31.2 Å². The maximum absolute atomic E-state index is 12.6. The summed E-state index contributed by atoms with van der Waals surface area (Å²) in [5, 5.41) is 2.95. The Bertz CT molecular complexity index is 944. The van der Waals surface area contributed by atoms with Gasteiger partial charge in [-0.15, -0.1) is 0 Å². The number of hydrogen-bond acceptors (Lipinski definition) is 4. The van der Waals surface area contributed by atoms with Crippen LogP contribution < -0.4 is 14.8 Å². The quantitative estimate of drug-likeness (QED) is 0.766. The summed E-state index contributed by atoms with van der Waals surface area (Å²) in [6, 6.07) is 13.6. The number of carbonyl (C=O) groups is 2. The highest BCUT2D eigenvalue weighted by atomic mass is 16.7. The van der Waals surface area contributed by atoms with Crippen molar-refractivity contribution < 1.29 is 19.1 Å². The van der Waals surface area contributed by atoms with E-state index in [9.17, 15) is 9.59 Å². The number of carbonyl (C=O) groups excluding carboxylic acids is 2. The smallest absolute Gasteiger partial charge is 0.246 e. The fourth-order valence-electron chi connectivity index (χ4n) is 3.72. The number of nitrogens with zero attached hydrogens (tertiary/aromatic N) is 1. The predicted octanol–water partition coefficient (Wildman–Crippen LogP) is 3.87. The van der Waals surface area contributed by atoms with Gasteiger partial charge in [0, 0.05) is 36.8 Å². The summed E-state index contributed by atoms with van der Waals surface area (Å²) in [5.41, 5.74) is 2.98. The Labute approximate surface area is 176 Å². The molecular weight excluding hydrogens is 380 g/mol. The zero-order chi connectivity index (χ0) is 20.9. The van der Waals surface area contributed by atoms with E-state index in [0.717, 1.165) is 12.0 Å². The molecule has 0 atom stereocenters. The fourth-order valence-corrected chi connectivity index (χ4v) is 3.72. The van der Waals surface area contributed by atoms with E-state index >= 15 is 0 Å². The van der Waals surface area contributed by atoms with Crippen LogP contribution in [0.25, 0.3) is 6.08 Å². The SMILES string of the molecule is CCc1ccc(/C=C/C(=O)N2CCC(C(=O)Nc3ccc4c(c3)OCO4)CC2)cc1. The van der Waals surface area contributed by atoms with E-state index in [0.29, 0.717) is 43.1 Å². The van der Waals surface area contributed by atoms with Gasteiger partial charge in [0.2, 0.25) is 18.6 Å². The van der Waals surface area contributed by atoms with E-state index in [2.05, 4.69) is 24.4 Å². The average molecular weight is 406 g/mol. The van der Waals surface area contributed by atoms with Crippen molar-refractivity contribution in [3.8, 4) is 11.5 Å². The van der Waals surface area contributed by atoms with Gasteiger partial charge in [-0.2, -0.15) is 0 Å². The second kappa shape index (κ2) is 9.03. The lowest BCUT2D eigenvalue weighted by atomic mass is 9.95. The monoisotopic (exact) mass is 406 g/mol. The van der Waals surface area contributed by atoms with Crippen LogP contribution in [0.5, 0.6) is 11.5 Å². The van der Waals surface area contributed by atoms with Crippen molar-refractivity contribution in [3.63, 3.8) is 0 Å². The van der Waals surface area contributed by atoms with Crippen molar-refractivity contribution in [2.24, 2.45) is 5.92 Å². The number of ether oxygens (including phenoxy) is 2. The molecule has 0 aromatic heterocycles. The van der Waals surface area contributed by atoms with Crippen LogP contribution in [0.2, 0.25) is 0 Å². The van der Waals surface area contributed by atoms with E-state index in [4.69, 9.17) is 9.47 Å². The van der Waals surface area contributed by atoms with Gasteiger partial charge >= 0.3 is 0 Å². The minimum atomic E-state index is -0.106. The third-order valence-corrected chi connectivity index (χ3v) is 5.62. The Hall–Kier alpha value is -3.28. The van der Waals surface area contributed by atoms with Gasteiger partial charge in [-0.3, -0.25) is 9.59 Å². The second-order valence-electron chi connectivity index (χ2n) is 7.59. The van der Waals surface area contributed by atoms with Gasteiger partial charge in [0.25, 0.3) is 0 Å². The highest BCUT2D eigenvalue weighted by Gasteiger charge is 2.27. The first-order chi connectivity index (χ1) is 14.6. The largest absolute Gasteiger partial charge is 0.454 e. The highest BCUT2D eigenvalue weighted by Crippen LogP contribution is 2.34. The Kier molecular flexibility index (Phi) is 6.02. The van der Waals surface area contributed by atoms with Crippen LogP contribution in [-0.2, 0) is 16.0 Å². The van der Waals surface area contributed by atoms with Gasteiger partial charge in [-0.05, 0) is 48.6 Å². The molecule has 1 fully saturated rings. The lowest BCUT2D eigenvalue weighted by Gasteiger charge is -2.30. The number of nitrogens with one attached hydrogen (secondary N) is 1. The second-order valence-corrected chi connectivity index (χ2v) is 7.59. The van der Waals surface area contributed by atoms with Crippen LogP contribution in [0.4, 0.5) is 5.69 Å². The first-order valence-electron chi connectivity index (χ1n) is 10.4. The van der Waals surface area contributed by atoms with Crippen LogP contribution >= 0.6 is 0 Å². The fraction of sp³-hybridized carbons (Fsp3) is 0.333. The zero-order valence-corrected chi connectivity index (χ0v) is 17.1. The lowest BCUT2D eigenvalue weighted by Crippen LogP contribution is -2.40. The molecule has 4 rings (SSSR count). The molecule has 2 aromatic rings. The minimum absolute atomic E-state index is 0.0100. The van der Waals surface area contributed by atoms with Gasteiger partial charge in [0.1, 0.15) is 0 Å². The van der Waals surface area contributed by atoms with Gasteiger partial charge < -0.3 is 19.7 Å². The van der Waals surface area contributed by atoms with Crippen molar-refractivity contribution in [1.82, 2.24) is 4.90 Å². The Balaban J connectivity index is 1.27. The van der Waals surface area contributed by atoms with Crippen molar-refractivity contribution in [3.05, 3.63) is 59.7 Å². The number of aryl methyl sites for hydroxylation is 1. The van der Waals surface area contributed by atoms with Gasteiger partial charge in [0.05, 0.1) is 0 Å². The number of piperidine rings is 1. The van der Waals surface area contributed by atoms with Crippen LogP contribution in [0.15, 0.2) is 48.5 Å². The molecule has 0 radical (unpaired) electrons. The number of anilines is 1. The number of likely N-dealkylation sites (tertiary alicyclic amines) is 1. The van der Waals surface area contributed by atoms with Crippen LogP contribution in [0, 0.1) is 5.92 Å². The maximum Gasteiger partial charge on any atom is 0.246 e. The molecular formula is C24H26N2O4. The van der Waals surface area contributed by atoms with Crippen molar-refractivity contribution in [2.75, 3.05) is 25.2 Å². The van der Waals surface area contributed by atoms with Crippen LogP contribution in [0.3, 0.4) is 0 Å². The van der Waals surface area contributed by atoms with E-state index in [1.54, 1.807) is 23.1 Å². The highest BCUT2D eigenvalue weighted by molar-refractivity contribution is 5.94. The summed E-state index contributed by atoms with van der Waals surface area (Å²) in [6.07, 6.45) is 5.77. The minimum Gasteiger partial charge on any atom is -0.454 e. The van der Waals surface area contributed by atoms with Crippen molar-refractivity contribution in [1.29, 1.82) is 0 Å². The van der Waals surface area contributed by atoms with Crippen LogP contribution in [0.1, 0.15) is 30.9 Å². The topological polar surface area (TPSA) is 67.9 Å². The van der Waals surface area contributed by atoms with Gasteiger partial charge in [0.15, 0.2) is 11.5 Å². The molecule has 6 nitrogen and oxygen atoms in total.